The van der Waals surface area contributed by atoms with E-state index in [1.807, 2.05) is 48.5 Å². The molecule has 2 aliphatic rings. The van der Waals surface area contributed by atoms with Gasteiger partial charge in [0, 0.05) is 39.9 Å². The Kier molecular flexibility index (Phi) is 7.33. The lowest BCUT2D eigenvalue weighted by Gasteiger charge is -2.51. The van der Waals surface area contributed by atoms with Crippen molar-refractivity contribution in [2.75, 3.05) is 0 Å². The summed E-state index contributed by atoms with van der Waals surface area (Å²) < 4.78 is 0. The molecule has 9 rings (SSSR count). The zero-order valence-electron chi connectivity index (χ0n) is 28.6. The van der Waals surface area contributed by atoms with Crippen molar-refractivity contribution in [3.05, 3.63) is 114 Å². The number of nitriles is 2. The molecule has 51 heavy (non-hydrogen) atoms. The Morgan fingerprint density at radius 2 is 1.16 bits per heavy atom. The summed E-state index contributed by atoms with van der Waals surface area (Å²) in [5.74, 6) is 3.86. The Morgan fingerprint density at radius 1 is 0.608 bits per heavy atom. The van der Waals surface area contributed by atoms with Gasteiger partial charge in [-0.3, -0.25) is 9.97 Å². The molecule has 4 atom stereocenters. The van der Waals surface area contributed by atoms with E-state index in [2.05, 4.69) is 72.4 Å². The average Bonchev–Trinajstić information content (AvgIpc) is 3.15. The Labute approximate surface area is 296 Å². The van der Waals surface area contributed by atoms with E-state index in [-0.39, 0.29) is 5.41 Å². The average molecular weight is 662 g/mol. The fourth-order valence-corrected chi connectivity index (χ4v) is 9.41. The number of hydrogen-bond acceptors (Lipinski definition) is 7. The van der Waals surface area contributed by atoms with Crippen LogP contribution in [0.15, 0.2) is 97.3 Å². The highest BCUT2D eigenvalue weighted by Gasteiger charge is 2.46. The standard InChI is InChI=1S/C44H35N7/c1-26-13-28-14-27(2)20-44(19-26,21-28)38-10-9-37(35-5-3-4-6-36(35)38)43-50-41(31-7-11-39-33(17-31)15-29(22-45)24-47-39)49-42(51-43)32-8-12-40-34(18-32)16-30(23-46)25-48-40/h3-12,15-18,24-28H,13-14,19-21H2,1-2H3/t26-,27+,28?,44?. The Balaban J connectivity index is 1.25. The highest BCUT2D eigenvalue weighted by atomic mass is 15.0. The number of pyridine rings is 2. The van der Waals surface area contributed by atoms with E-state index in [1.54, 1.807) is 12.4 Å². The number of nitrogens with zero attached hydrogens (tertiary/aromatic N) is 7. The summed E-state index contributed by atoms with van der Waals surface area (Å²) in [7, 11) is 0. The molecular formula is C44H35N7. The lowest BCUT2D eigenvalue weighted by molar-refractivity contribution is 0.0790. The van der Waals surface area contributed by atoms with Crippen LogP contribution >= 0.6 is 0 Å². The maximum atomic E-state index is 9.53. The normalized spacial score (nSPS) is 21.4. The lowest BCUT2D eigenvalue weighted by atomic mass is 9.54. The van der Waals surface area contributed by atoms with Gasteiger partial charge in [0.25, 0.3) is 0 Å². The van der Waals surface area contributed by atoms with Gasteiger partial charge in [-0.2, -0.15) is 10.5 Å². The van der Waals surface area contributed by atoms with Crippen LogP contribution in [0.5, 0.6) is 0 Å². The number of hydrogen-bond donors (Lipinski definition) is 0. The second-order valence-electron chi connectivity index (χ2n) is 14.9. The molecule has 2 fully saturated rings. The van der Waals surface area contributed by atoms with Gasteiger partial charge in [0.1, 0.15) is 12.1 Å². The number of fused-ring (bicyclic) bond motifs is 5. The molecule has 2 aliphatic carbocycles. The maximum absolute atomic E-state index is 9.53. The van der Waals surface area contributed by atoms with E-state index in [0.717, 1.165) is 49.8 Å². The first kappa shape index (κ1) is 31.0. The Hall–Kier alpha value is -6.05. The monoisotopic (exact) mass is 661 g/mol. The van der Waals surface area contributed by atoms with Gasteiger partial charge in [-0.1, -0.05) is 50.2 Å². The molecule has 246 valence electrons. The van der Waals surface area contributed by atoms with Crippen molar-refractivity contribution < 1.29 is 0 Å². The zero-order chi connectivity index (χ0) is 34.7. The van der Waals surface area contributed by atoms with Crippen LogP contribution in [0.4, 0.5) is 0 Å². The summed E-state index contributed by atoms with van der Waals surface area (Å²) in [5, 5.41) is 23.2. The van der Waals surface area contributed by atoms with Crippen LogP contribution in [-0.4, -0.2) is 24.9 Å². The third-order valence-corrected chi connectivity index (χ3v) is 11.1. The molecule has 7 aromatic rings. The predicted molar refractivity (Wildman–Crippen MR) is 200 cm³/mol. The van der Waals surface area contributed by atoms with Crippen molar-refractivity contribution in [3.8, 4) is 46.3 Å². The predicted octanol–water partition coefficient (Wildman–Crippen LogP) is 9.97. The molecule has 0 spiro atoms. The molecule has 0 saturated heterocycles. The molecule has 2 saturated carbocycles. The molecule has 7 nitrogen and oxygen atoms in total. The second-order valence-corrected chi connectivity index (χ2v) is 14.9. The van der Waals surface area contributed by atoms with Crippen molar-refractivity contribution in [3.63, 3.8) is 0 Å². The van der Waals surface area contributed by atoms with Crippen LogP contribution in [0.25, 0.3) is 66.7 Å². The number of rotatable bonds is 4. The topological polar surface area (TPSA) is 112 Å². The maximum Gasteiger partial charge on any atom is 0.164 e. The first-order valence-electron chi connectivity index (χ1n) is 17.8. The second kappa shape index (κ2) is 12.1. The minimum absolute atomic E-state index is 0.177. The van der Waals surface area contributed by atoms with Crippen LogP contribution in [0.1, 0.15) is 62.6 Å². The lowest BCUT2D eigenvalue weighted by Crippen LogP contribution is -2.42. The van der Waals surface area contributed by atoms with E-state index < -0.39 is 0 Å². The first-order valence-corrected chi connectivity index (χ1v) is 17.8. The SMILES string of the molecule is C[C@@H]1CC2C[C@H](C)CC(c3ccc(-c4nc(-c5ccc6ncc(C#N)cc6c5)nc(-c5ccc6ncc(C#N)cc6c5)n4)c4ccccc34)(C2)C1. The van der Waals surface area contributed by atoms with Gasteiger partial charge in [0.05, 0.1) is 22.2 Å². The van der Waals surface area contributed by atoms with E-state index in [0.29, 0.717) is 40.4 Å². The van der Waals surface area contributed by atoms with Crippen LogP contribution in [0, 0.1) is 40.4 Å². The van der Waals surface area contributed by atoms with Gasteiger partial charge >= 0.3 is 0 Å². The quantitative estimate of drug-likeness (QED) is 0.184. The molecule has 3 aromatic heterocycles. The molecule has 0 amide bonds. The first-order chi connectivity index (χ1) is 24.9. The minimum Gasteiger partial charge on any atom is -0.255 e. The molecule has 3 heterocycles. The number of benzene rings is 4. The molecule has 2 unspecified atom stereocenters. The van der Waals surface area contributed by atoms with Crippen molar-refractivity contribution in [2.24, 2.45) is 17.8 Å². The summed E-state index contributed by atoms with van der Waals surface area (Å²) in [6.07, 6.45) is 9.57. The highest BCUT2D eigenvalue weighted by Crippen LogP contribution is 2.55. The molecule has 0 radical (unpaired) electrons. The van der Waals surface area contributed by atoms with Crippen molar-refractivity contribution in [1.29, 1.82) is 10.5 Å². The van der Waals surface area contributed by atoms with Crippen molar-refractivity contribution >= 4 is 32.6 Å². The minimum atomic E-state index is 0.177. The summed E-state index contributed by atoms with van der Waals surface area (Å²) in [6.45, 7) is 4.88. The van der Waals surface area contributed by atoms with Crippen LogP contribution in [0.3, 0.4) is 0 Å². The molecule has 2 bridgehead atoms. The Bertz CT molecular complexity index is 2480. The van der Waals surface area contributed by atoms with Gasteiger partial charge in [-0.15, -0.1) is 0 Å². The van der Waals surface area contributed by atoms with E-state index >= 15 is 0 Å². The molecular weight excluding hydrogens is 627 g/mol. The zero-order valence-corrected chi connectivity index (χ0v) is 28.6. The fraction of sp³-hybridized carbons (Fsp3) is 0.250. The van der Waals surface area contributed by atoms with Crippen molar-refractivity contribution in [1.82, 2.24) is 24.9 Å². The van der Waals surface area contributed by atoms with Crippen molar-refractivity contribution in [2.45, 2.75) is 51.4 Å². The third-order valence-electron chi connectivity index (χ3n) is 11.1. The fourth-order valence-electron chi connectivity index (χ4n) is 9.41. The van der Waals surface area contributed by atoms with Gasteiger partial charge in [0.15, 0.2) is 17.5 Å². The largest absolute Gasteiger partial charge is 0.255 e. The van der Waals surface area contributed by atoms with Gasteiger partial charge < -0.3 is 0 Å². The summed E-state index contributed by atoms with van der Waals surface area (Å²) >= 11 is 0. The Morgan fingerprint density at radius 3 is 1.73 bits per heavy atom. The van der Waals surface area contributed by atoms with E-state index in [9.17, 15) is 10.5 Å². The van der Waals surface area contributed by atoms with Crippen LogP contribution in [0.2, 0.25) is 0 Å². The van der Waals surface area contributed by atoms with Gasteiger partial charge in [-0.25, -0.2) is 15.0 Å². The van der Waals surface area contributed by atoms with E-state index in [4.69, 9.17) is 15.0 Å². The highest BCUT2D eigenvalue weighted by molar-refractivity contribution is 5.98. The summed E-state index contributed by atoms with van der Waals surface area (Å²) in [5.41, 5.74) is 6.78. The summed E-state index contributed by atoms with van der Waals surface area (Å²) in [6, 6.07) is 33.2. The summed E-state index contributed by atoms with van der Waals surface area (Å²) in [4.78, 5) is 24.3. The molecule has 4 aromatic carbocycles. The molecule has 7 heteroatoms. The molecule has 0 aliphatic heterocycles. The van der Waals surface area contributed by atoms with E-state index in [1.165, 1.54) is 43.1 Å². The van der Waals surface area contributed by atoms with Crippen LogP contribution in [-0.2, 0) is 5.41 Å². The van der Waals surface area contributed by atoms with Crippen LogP contribution < -0.4 is 0 Å². The molecule has 0 N–H and O–H groups in total. The smallest absolute Gasteiger partial charge is 0.164 e. The van der Waals surface area contributed by atoms with Gasteiger partial charge in [0.2, 0.25) is 0 Å². The van der Waals surface area contributed by atoms with Gasteiger partial charge in [-0.05, 0) is 120 Å². The number of aromatic nitrogens is 5. The third kappa shape index (κ3) is 5.47.